The van der Waals surface area contributed by atoms with Crippen LogP contribution < -0.4 is 0 Å². The minimum atomic E-state index is -0.156. The van der Waals surface area contributed by atoms with Crippen LogP contribution >= 0.6 is 0 Å². The van der Waals surface area contributed by atoms with Crippen molar-refractivity contribution in [1.82, 2.24) is 0 Å². The van der Waals surface area contributed by atoms with Gasteiger partial charge in [0, 0.05) is 13.2 Å². The van der Waals surface area contributed by atoms with Crippen molar-refractivity contribution in [2.45, 2.75) is 45.6 Å². The second-order valence-electron chi connectivity index (χ2n) is 2.84. The Balaban J connectivity index is 2.97. The summed E-state index contributed by atoms with van der Waals surface area (Å²) in [5.41, 5.74) is 0. The third kappa shape index (κ3) is 7.82. The smallest absolute Gasteiger partial charge is 0.0562 e. The Labute approximate surface area is 69.6 Å². The summed E-state index contributed by atoms with van der Waals surface area (Å²) in [5, 5.41) is 9.27. The number of hydrogen-bond donors (Lipinski definition) is 1. The van der Waals surface area contributed by atoms with Gasteiger partial charge in [0.15, 0.2) is 0 Å². The van der Waals surface area contributed by atoms with E-state index in [0.717, 1.165) is 32.3 Å². The van der Waals surface area contributed by atoms with Crippen LogP contribution in [0.5, 0.6) is 0 Å². The maximum absolute atomic E-state index is 9.27. The molecule has 2 nitrogen and oxygen atoms in total. The summed E-state index contributed by atoms with van der Waals surface area (Å²) in [5.74, 6) is 0. The van der Waals surface area contributed by atoms with Crippen molar-refractivity contribution < 1.29 is 9.84 Å². The molecule has 0 aliphatic rings. The van der Waals surface area contributed by atoms with Gasteiger partial charge in [0.05, 0.1) is 6.10 Å². The molecule has 1 unspecified atom stereocenters. The van der Waals surface area contributed by atoms with Crippen LogP contribution in [0.4, 0.5) is 0 Å². The fourth-order valence-corrected chi connectivity index (χ4v) is 0.943. The first-order valence-corrected chi connectivity index (χ1v) is 4.57. The van der Waals surface area contributed by atoms with Gasteiger partial charge in [-0.1, -0.05) is 20.3 Å². The maximum Gasteiger partial charge on any atom is 0.0562 e. The van der Waals surface area contributed by atoms with E-state index in [1.54, 1.807) is 0 Å². The van der Waals surface area contributed by atoms with Crippen molar-refractivity contribution in [3.63, 3.8) is 0 Å². The Hall–Kier alpha value is -0.0800. The Morgan fingerprint density at radius 3 is 2.36 bits per heavy atom. The first kappa shape index (κ1) is 10.9. The molecule has 0 saturated carbocycles. The van der Waals surface area contributed by atoms with Gasteiger partial charge in [0.25, 0.3) is 0 Å². The van der Waals surface area contributed by atoms with Crippen molar-refractivity contribution >= 4 is 0 Å². The minimum Gasteiger partial charge on any atom is -0.393 e. The standard InChI is InChI=1S/C9H20O2/c1-3-5-9(10)6-8-11-7-4-2/h9-10H,3-8H2,1-2H3. The van der Waals surface area contributed by atoms with Crippen LogP contribution in [0.15, 0.2) is 0 Å². The Bertz CT molecular complexity index is 74.0. The number of aliphatic hydroxyl groups excluding tert-OH is 1. The minimum absolute atomic E-state index is 0.156. The predicted molar refractivity (Wildman–Crippen MR) is 46.6 cm³/mol. The van der Waals surface area contributed by atoms with E-state index in [9.17, 15) is 5.11 Å². The van der Waals surface area contributed by atoms with Crippen molar-refractivity contribution in [3.8, 4) is 0 Å². The quantitative estimate of drug-likeness (QED) is 0.577. The Morgan fingerprint density at radius 1 is 1.09 bits per heavy atom. The van der Waals surface area contributed by atoms with Gasteiger partial charge in [-0.05, 0) is 19.3 Å². The van der Waals surface area contributed by atoms with Gasteiger partial charge in [-0.3, -0.25) is 0 Å². The molecule has 0 fully saturated rings. The van der Waals surface area contributed by atoms with Gasteiger partial charge in [0.1, 0.15) is 0 Å². The second-order valence-corrected chi connectivity index (χ2v) is 2.84. The Kier molecular flexibility index (Phi) is 7.96. The van der Waals surface area contributed by atoms with E-state index < -0.39 is 0 Å². The van der Waals surface area contributed by atoms with E-state index in [1.165, 1.54) is 0 Å². The molecule has 1 N–H and O–H groups in total. The zero-order valence-corrected chi connectivity index (χ0v) is 7.68. The molecule has 11 heavy (non-hydrogen) atoms. The van der Waals surface area contributed by atoms with Crippen molar-refractivity contribution in [3.05, 3.63) is 0 Å². The molecule has 0 rings (SSSR count). The highest BCUT2D eigenvalue weighted by atomic mass is 16.5. The first-order valence-electron chi connectivity index (χ1n) is 4.57. The van der Waals surface area contributed by atoms with Crippen LogP contribution in [0.3, 0.4) is 0 Å². The van der Waals surface area contributed by atoms with Gasteiger partial charge in [-0.15, -0.1) is 0 Å². The van der Waals surface area contributed by atoms with E-state index in [-0.39, 0.29) is 6.10 Å². The highest BCUT2D eigenvalue weighted by Gasteiger charge is 2.00. The average molecular weight is 160 g/mol. The summed E-state index contributed by atoms with van der Waals surface area (Å²) in [6.45, 7) is 5.69. The van der Waals surface area contributed by atoms with E-state index in [0.29, 0.717) is 6.61 Å². The molecule has 0 radical (unpaired) electrons. The molecule has 1 atom stereocenters. The SMILES string of the molecule is CCCOCCC(O)CCC. The summed E-state index contributed by atoms with van der Waals surface area (Å²) in [7, 11) is 0. The van der Waals surface area contributed by atoms with Gasteiger partial charge in [-0.2, -0.15) is 0 Å². The fraction of sp³-hybridized carbons (Fsp3) is 1.00. The lowest BCUT2D eigenvalue weighted by Crippen LogP contribution is -2.10. The second kappa shape index (κ2) is 8.02. The highest BCUT2D eigenvalue weighted by molar-refractivity contribution is 4.52. The molecule has 2 heteroatoms. The summed E-state index contributed by atoms with van der Waals surface area (Å²) in [6.07, 6.45) is 3.64. The van der Waals surface area contributed by atoms with E-state index in [1.807, 2.05) is 0 Å². The zero-order chi connectivity index (χ0) is 8.53. The largest absolute Gasteiger partial charge is 0.393 e. The summed E-state index contributed by atoms with van der Waals surface area (Å²) < 4.78 is 5.24. The number of aliphatic hydroxyl groups is 1. The zero-order valence-electron chi connectivity index (χ0n) is 7.68. The molecule has 68 valence electrons. The molecule has 0 bridgehead atoms. The molecule has 0 aromatic heterocycles. The average Bonchev–Trinajstić information content (AvgIpc) is 1.99. The van der Waals surface area contributed by atoms with Crippen LogP contribution in [0.25, 0.3) is 0 Å². The van der Waals surface area contributed by atoms with Gasteiger partial charge in [0.2, 0.25) is 0 Å². The molecule has 0 amide bonds. The van der Waals surface area contributed by atoms with Crippen LogP contribution in [-0.2, 0) is 4.74 Å². The third-order valence-corrected chi connectivity index (χ3v) is 1.57. The lowest BCUT2D eigenvalue weighted by atomic mass is 10.1. The van der Waals surface area contributed by atoms with Crippen LogP contribution in [0, 0.1) is 0 Å². The van der Waals surface area contributed by atoms with Gasteiger partial charge >= 0.3 is 0 Å². The van der Waals surface area contributed by atoms with Crippen LogP contribution in [-0.4, -0.2) is 24.4 Å². The number of rotatable bonds is 7. The molecule has 0 spiro atoms. The van der Waals surface area contributed by atoms with E-state index in [4.69, 9.17) is 4.74 Å². The molecule has 0 aromatic rings. The normalized spacial score (nSPS) is 13.4. The monoisotopic (exact) mass is 160 g/mol. The van der Waals surface area contributed by atoms with Gasteiger partial charge < -0.3 is 9.84 Å². The molecule has 0 aromatic carbocycles. The third-order valence-electron chi connectivity index (χ3n) is 1.57. The fourth-order valence-electron chi connectivity index (χ4n) is 0.943. The predicted octanol–water partition coefficient (Wildman–Crippen LogP) is 1.96. The van der Waals surface area contributed by atoms with Crippen molar-refractivity contribution in [2.75, 3.05) is 13.2 Å². The summed E-state index contributed by atoms with van der Waals surface area (Å²) >= 11 is 0. The first-order chi connectivity index (χ1) is 5.31. The number of ether oxygens (including phenoxy) is 1. The maximum atomic E-state index is 9.27. The van der Waals surface area contributed by atoms with Crippen LogP contribution in [0.1, 0.15) is 39.5 Å². The molecule has 0 aliphatic carbocycles. The molecular formula is C9H20O2. The van der Waals surface area contributed by atoms with E-state index in [2.05, 4.69) is 13.8 Å². The van der Waals surface area contributed by atoms with Crippen molar-refractivity contribution in [2.24, 2.45) is 0 Å². The Morgan fingerprint density at radius 2 is 1.82 bits per heavy atom. The summed E-state index contributed by atoms with van der Waals surface area (Å²) in [4.78, 5) is 0. The summed E-state index contributed by atoms with van der Waals surface area (Å²) in [6, 6.07) is 0. The molecule has 0 aliphatic heterocycles. The topological polar surface area (TPSA) is 29.5 Å². The highest BCUT2D eigenvalue weighted by Crippen LogP contribution is 2.00. The van der Waals surface area contributed by atoms with E-state index >= 15 is 0 Å². The lowest BCUT2D eigenvalue weighted by molar-refractivity contribution is 0.0781. The lowest BCUT2D eigenvalue weighted by Gasteiger charge is -2.08. The molecule has 0 heterocycles. The van der Waals surface area contributed by atoms with Crippen molar-refractivity contribution in [1.29, 1.82) is 0 Å². The van der Waals surface area contributed by atoms with Crippen LogP contribution in [0.2, 0.25) is 0 Å². The van der Waals surface area contributed by atoms with Gasteiger partial charge in [-0.25, -0.2) is 0 Å². The molecule has 0 saturated heterocycles. The molecular weight excluding hydrogens is 140 g/mol. The number of hydrogen-bond acceptors (Lipinski definition) is 2.